The molecule has 0 bridgehead atoms. The highest BCUT2D eigenvalue weighted by Gasteiger charge is 2.18. The summed E-state index contributed by atoms with van der Waals surface area (Å²) < 4.78 is 7.00. The average Bonchev–Trinajstić information content (AvgIpc) is 2.58. The molecule has 18 heavy (non-hydrogen) atoms. The lowest BCUT2D eigenvalue weighted by Gasteiger charge is -2.18. The number of hydrogen-bond acceptors (Lipinski definition) is 4. The minimum absolute atomic E-state index is 0.0514. The van der Waals surface area contributed by atoms with E-state index in [2.05, 4.69) is 10.4 Å². The Morgan fingerprint density at radius 2 is 2.17 bits per heavy atom. The van der Waals surface area contributed by atoms with Crippen LogP contribution in [0.2, 0.25) is 0 Å². The van der Waals surface area contributed by atoms with Crippen LogP contribution in [0.25, 0.3) is 0 Å². The van der Waals surface area contributed by atoms with Crippen molar-refractivity contribution in [2.45, 2.75) is 26.4 Å². The van der Waals surface area contributed by atoms with Crippen molar-refractivity contribution in [1.29, 1.82) is 0 Å². The Kier molecular flexibility index (Phi) is 4.72. The first-order chi connectivity index (χ1) is 8.38. The van der Waals surface area contributed by atoms with E-state index < -0.39 is 0 Å². The van der Waals surface area contributed by atoms with Crippen LogP contribution in [-0.4, -0.2) is 47.8 Å². The Labute approximate surface area is 108 Å². The van der Waals surface area contributed by atoms with Crippen LogP contribution in [-0.2, 0) is 18.4 Å². The van der Waals surface area contributed by atoms with Crippen LogP contribution in [0.5, 0.6) is 5.88 Å². The molecule has 6 heteroatoms. The molecule has 0 aliphatic carbocycles. The second-order valence-electron chi connectivity index (χ2n) is 4.53. The van der Waals surface area contributed by atoms with Gasteiger partial charge in [-0.3, -0.25) is 4.79 Å². The molecule has 1 aromatic rings. The molecule has 0 spiro atoms. The molecular weight excluding hydrogens is 232 g/mol. The highest BCUT2D eigenvalue weighted by molar-refractivity contribution is 5.80. The van der Waals surface area contributed by atoms with Gasteiger partial charge in [0.2, 0.25) is 11.8 Å². The number of hydrogen-bond donors (Lipinski definition) is 1. The molecule has 1 aromatic heterocycles. The summed E-state index contributed by atoms with van der Waals surface area (Å²) in [5.74, 6) is 0.778. The molecule has 1 unspecified atom stereocenters. The van der Waals surface area contributed by atoms with E-state index >= 15 is 0 Å². The summed E-state index contributed by atoms with van der Waals surface area (Å²) in [7, 11) is 6.95. The number of carbonyl (C=O) groups excluding carboxylic acids is 1. The molecular formula is C12H22N4O2. The van der Waals surface area contributed by atoms with Gasteiger partial charge in [-0.05, 0) is 13.8 Å². The fourth-order valence-electron chi connectivity index (χ4n) is 1.87. The first-order valence-corrected chi connectivity index (χ1v) is 5.89. The van der Waals surface area contributed by atoms with E-state index in [9.17, 15) is 4.79 Å². The van der Waals surface area contributed by atoms with Gasteiger partial charge in [0.1, 0.15) is 0 Å². The van der Waals surface area contributed by atoms with Crippen molar-refractivity contribution in [3.05, 3.63) is 11.3 Å². The second-order valence-corrected chi connectivity index (χ2v) is 4.53. The lowest BCUT2D eigenvalue weighted by atomic mass is 10.2. The zero-order valence-electron chi connectivity index (χ0n) is 11.9. The Balaban J connectivity index is 2.72. The zero-order chi connectivity index (χ0) is 13.9. The highest BCUT2D eigenvalue weighted by atomic mass is 16.5. The van der Waals surface area contributed by atoms with Gasteiger partial charge in [-0.15, -0.1) is 0 Å². The minimum Gasteiger partial charge on any atom is -0.481 e. The van der Waals surface area contributed by atoms with Crippen molar-refractivity contribution in [3.63, 3.8) is 0 Å². The Morgan fingerprint density at radius 3 is 2.67 bits per heavy atom. The maximum absolute atomic E-state index is 11.7. The Morgan fingerprint density at radius 1 is 1.56 bits per heavy atom. The molecule has 1 heterocycles. The molecule has 1 rings (SSSR count). The Hall–Kier alpha value is -1.56. The molecule has 0 saturated heterocycles. The van der Waals surface area contributed by atoms with E-state index in [1.807, 2.05) is 20.9 Å². The molecule has 1 N–H and O–H groups in total. The number of nitrogens with zero attached hydrogens (tertiary/aromatic N) is 3. The topological polar surface area (TPSA) is 59.4 Å². The van der Waals surface area contributed by atoms with Gasteiger partial charge in [-0.25, -0.2) is 4.68 Å². The number of ether oxygens (including phenoxy) is 1. The summed E-state index contributed by atoms with van der Waals surface area (Å²) in [6, 6.07) is -0.232. The first-order valence-electron chi connectivity index (χ1n) is 5.89. The number of likely N-dealkylation sites (N-methyl/N-ethyl adjacent to an activating group) is 1. The third kappa shape index (κ3) is 3.01. The summed E-state index contributed by atoms with van der Waals surface area (Å²) >= 11 is 0. The van der Waals surface area contributed by atoms with Gasteiger partial charge in [0.25, 0.3) is 0 Å². The number of nitrogens with one attached hydrogen (secondary N) is 1. The van der Waals surface area contributed by atoms with Crippen molar-refractivity contribution in [2.24, 2.45) is 7.05 Å². The summed E-state index contributed by atoms with van der Waals surface area (Å²) in [4.78, 5) is 13.3. The van der Waals surface area contributed by atoms with Crippen molar-refractivity contribution in [1.82, 2.24) is 20.0 Å². The number of rotatable bonds is 5. The number of carbonyl (C=O) groups is 1. The van der Waals surface area contributed by atoms with Crippen LogP contribution in [0.3, 0.4) is 0 Å². The lowest BCUT2D eigenvalue weighted by molar-refractivity contribution is -0.130. The predicted molar refractivity (Wildman–Crippen MR) is 69.5 cm³/mol. The van der Waals surface area contributed by atoms with Crippen molar-refractivity contribution in [3.8, 4) is 5.88 Å². The van der Waals surface area contributed by atoms with E-state index in [1.165, 1.54) is 0 Å². The van der Waals surface area contributed by atoms with Gasteiger partial charge in [-0.1, -0.05) is 0 Å². The van der Waals surface area contributed by atoms with E-state index in [4.69, 9.17) is 4.74 Å². The largest absolute Gasteiger partial charge is 0.481 e. The van der Waals surface area contributed by atoms with E-state index in [-0.39, 0.29) is 11.9 Å². The van der Waals surface area contributed by atoms with Crippen LogP contribution >= 0.6 is 0 Å². The molecule has 0 fully saturated rings. The number of amides is 1. The van der Waals surface area contributed by atoms with Crippen molar-refractivity contribution < 1.29 is 9.53 Å². The SMILES string of the molecule is COc1c(CNC(C)C(=O)N(C)C)c(C)nn1C. The fraction of sp³-hybridized carbons (Fsp3) is 0.667. The molecule has 0 radical (unpaired) electrons. The molecule has 0 aliphatic heterocycles. The van der Waals surface area contributed by atoms with E-state index in [0.717, 1.165) is 17.1 Å². The number of aryl methyl sites for hydroxylation is 2. The molecule has 6 nitrogen and oxygen atoms in total. The van der Waals surface area contributed by atoms with Crippen LogP contribution in [0, 0.1) is 6.92 Å². The summed E-state index contributed by atoms with van der Waals surface area (Å²) in [6.45, 7) is 4.34. The predicted octanol–water partition coefficient (Wildman–Crippen LogP) is 0.303. The maximum atomic E-state index is 11.7. The maximum Gasteiger partial charge on any atom is 0.238 e. The van der Waals surface area contributed by atoms with Crippen LogP contribution in [0.15, 0.2) is 0 Å². The standard InChI is InChI=1S/C12H22N4O2/c1-8-10(12(18-6)16(5)14-8)7-13-9(2)11(17)15(3)4/h9,13H,7H2,1-6H3. The molecule has 0 saturated carbocycles. The second kappa shape index (κ2) is 5.86. The normalized spacial score (nSPS) is 12.3. The molecule has 102 valence electrons. The zero-order valence-corrected chi connectivity index (χ0v) is 11.9. The van der Waals surface area contributed by atoms with Gasteiger partial charge in [0, 0.05) is 27.7 Å². The van der Waals surface area contributed by atoms with Crippen LogP contribution < -0.4 is 10.1 Å². The molecule has 0 aromatic carbocycles. The van der Waals surface area contributed by atoms with Crippen molar-refractivity contribution in [2.75, 3.05) is 21.2 Å². The van der Waals surface area contributed by atoms with Crippen LogP contribution in [0.1, 0.15) is 18.2 Å². The number of aromatic nitrogens is 2. The fourth-order valence-corrected chi connectivity index (χ4v) is 1.87. The number of methoxy groups -OCH3 is 1. The van der Waals surface area contributed by atoms with Crippen LogP contribution in [0.4, 0.5) is 0 Å². The molecule has 0 aliphatic rings. The third-order valence-corrected chi connectivity index (χ3v) is 2.88. The van der Waals surface area contributed by atoms with Gasteiger partial charge in [-0.2, -0.15) is 5.10 Å². The van der Waals surface area contributed by atoms with E-state index in [0.29, 0.717) is 6.54 Å². The highest BCUT2D eigenvalue weighted by Crippen LogP contribution is 2.20. The third-order valence-electron chi connectivity index (χ3n) is 2.88. The summed E-state index contributed by atoms with van der Waals surface area (Å²) in [6.07, 6.45) is 0. The van der Waals surface area contributed by atoms with E-state index in [1.54, 1.807) is 30.8 Å². The van der Waals surface area contributed by atoms with Gasteiger partial charge in [0.15, 0.2) is 0 Å². The monoisotopic (exact) mass is 254 g/mol. The first kappa shape index (κ1) is 14.5. The summed E-state index contributed by atoms with van der Waals surface area (Å²) in [5, 5.41) is 7.48. The quantitative estimate of drug-likeness (QED) is 0.821. The Bertz CT molecular complexity index is 426. The average molecular weight is 254 g/mol. The van der Waals surface area contributed by atoms with Crippen molar-refractivity contribution >= 4 is 5.91 Å². The lowest BCUT2D eigenvalue weighted by Crippen LogP contribution is -2.41. The van der Waals surface area contributed by atoms with Gasteiger partial charge >= 0.3 is 0 Å². The molecule has 1 amide bonds. The molecule has 1 atom stereocenters. The van der Waals surface area contributed by atoms with Gasteiger partial charge < -0.3 is 15.0 Å². The van der Waals surface area contributed by atoms with Gasteiger partial charge in [0.05, 0.1) is 24.4 Å². The summed E-state index contributed by atoms with van der Waals surface area (Å²) in [5.41, 5.74) is 1.89. The minimum atomic E-state index is -0.232. The smallest absolute Gasteiger partial charge is 0.238 e.